The molecule has 7 heteroatoms. The first-order chi connectivity index (χ1) is 8.75. The van der Waals surface area contributed by atoms with Crippen LogP contribution < -0.4 is 10.6 Å². The number of nitrogens with zero attached hydrogens (tertiary/aromatic N) is 3. The second-order valence-electron chi connectivity index (χ2n) is 4.61. The van der Waals surface area contributed by atoms with Gasteiger partial charge in [-0.3, -0.25) is 0 Å². The van der Waals surface area contributed by atoms with Crippen LogP contribution in [0.2, 0.25) is 0 Å². The third kappa shape index (κ3) is 4.36. The van der Waals surface area contributed by atoms with E-state index in [1.54, 1.807) is 11.9 Å². The standard InChI is InChI=1S/C12H19F3N4/c1-18(2)6-7-19(3)11-9(8-16)4-5-10(17-11)12(13,14)15/h4-5H,6-8,16H2,1-3H3. The van der Waals surface area contributed by atoms with Crippen molar-refractivity contribution in [3.63, 3.8) is 0 Å². The first kappa shape index (κ1) is 15.7. The fourth-order valence-corrected chi connectivity index (χ4v) is 1.58. The van der Waals surface area contributed by atoms with Gasteiger partial charge >= 0.3 is 6.18 Å². The zero-order chi connectivity index (χ0) is 14.6. The molecule has 0 spiro atoms. The largest absolute Gasteiger partial charge is 0.433 e. The number of aromatic nitrogens is 1. The molecule has 1 aromatic rings. The van der Waals surface area contributed by atoms with Crippen LogP contribution >= 0.6 is 0 Å². The summed E-state index contributed by atoms with van der Waals surface area (Å²) < 4.78 is 38.0. The van der Waals surface area contributed by atoms with E-state index in [0.717, 1.165) is 12.6 Å². The number of halogens is 3. The minimum Gasteiger partial charge on any atom is -0.358 e. The SMILES string of the molecule is CN(C)CCN(C)c1nc(C(F)(F)F)ccc1CN. The summed E-state index contributed by atoms with van der Waals surface area (Å²) in [6, 6.07) is 2.35. The Morgan fingerprint density at radius 3 is 2.26 bits per heavy atom. The molecule has 0 radical (unpaired) electrons. The van der Waals surface area contributed by atoms with E-state index in [2.05, 4.69) is 4.98 Å². The Bertz CT molecular complexity index is 418. The molecule has 0 atom stereocenters. The fourth-order valence-electron chi connectivity index (χ4n) is 1.58. The van der Waals surface area contributed by atoms with Crippen molar-refractivity contribution < 1.29 is 13.2 Å². The summed E-state index contributed by atoms with van der Waals surface area (Å²) in [4.78, 5) is 7.34. The topological polar surface area (TPSA) is 45.4 Å². The van der Waals surface area contributed by atoms with Crippen molar-refractivity contribution in [2.45, 2.75) is 12.7 Å². The lowest BCUT2D eigenvalue weighted by atomic mass is 10.2. The van der Waals surface area contributed by atoms with Gasteiger partial charge in [-0.1, -0.05) is 6.07 Å². The first-order valence-electron chi connectivity index (χ1n) is 5.88. The fraction of sp³-hybridized carbons (Fsp3) is 0.583. The predicted octanol–water partition coefficient (Wildman–Crippen LogP) is 1.56. The van der Waals surface area contributed by atoms with E-state index in [1.807, 2.05) is 19.0 Å². The van der Waals surface area contributed by atoms with Gasteiger partial charge in [0.1, 0.15) is 11.5 Å². The molecule has 0 bridgehead atoms. The van der Waals surface area contributed by atoms with Crippen LogP contribution in [0, 0.1) is 0 Å². The van der Waals surface area contributed by atoms with Gasteiger partial charge in [0, 0.05) is 32.2 Å². The van der Waals surface area contributed by atoms with Crippen LogP contribution in [-0.4, -0.2) is 44.1 Å². The Hall–Kier alpha value is -1.34. The molecule has 1 rings (SSSR count). The second-order valence-corrected chi connectivity index (χ2v) is 4.61. The molecule has 4 nitrogen and oxygen atoms in total. The van der Waals surface area contributed by atoms with Crippen LogP contribution in [-0.2, 0) is 12.7 Å². The molecular weight excluding hydrogens is 257 g/mol. The van der Waals surface area contributed by atoms with Crippen molar-refractivity contribution in [2.24, 2.45) is 5.73 Å². The molecule has 0 saturated heterocycles. The number of hydrogen-bond acceptors (Lipinski definition) is 4. The van der Waals surface area contributed by atoms with Crippen LogP contribution in [0.15, 0.2) is 12.1 Å². The lowest BCUT2D eigenvalue weighted by Crippen LogP contribution is -2.30. The van der Waals surface area contributed by atoms with E-state index in [-0.39, 0.29) is 6.54 Å². The maximum Gasteiger partial charge on any atom is 0.433 e. The average Bonchev–Trinajstić information content (AvgIpc) is 2.33. The number of rotatable bonds is 5. The van der Waals surface area contributed by atoms with Crippen molar-refractivity contribution >= 4 is 5.82 Å². The number of likely N-dealkylation sites (N-methyl/N-ethyl adjacent to an activating group) is 2. The highest BCUT2D eigenvalue weighted by Gasteiger charge is 2.33. The normalized spacial score (nSPS) is 12.0. The van der Waals surface area contributed by atoms with Crippen molar-refractivity contribution in [2.75, 3.05) is 39.1 Å². The molecule has 108 valence electrons. The lowest BCUT2D eigenvalue weighted by Gasteiger charge is -2.23. The Morgan fingerprint density at radius 2 is 1.79 bits per heavy atom. The molecule has 0 aliphatic rings. The summed E-state index contributed by atoms with van der Waals surface area (Å²) >= 11 is 0. The molecule has 1 heterocycles. The van der Waals surface area contributed by atoms with Gasteiger partial charge < -0.3 is 15.5 Å². The van der Waals surface area contributed by atoms with E-state index in [1.165, 1.54) is 6.07 Å². The maximum atomic E-state index is 12.7. The number of anilines is 1. The van der Waals surface area contributed by atoms with Gasteiger partial charge in [-0.25, -0.2) is 4.98 Å². The van der Waals surface area contributed by atoms with E-state index in [4.69, 9.17) is 5.73 Å². The van der Waals surface area contributed by atoms with Crippen molar-refractivity contribution in [3.8, 4) is 0 Å². The van der Waals surface area contributed by atoms with Gasteiger partial charge in [0.2, 0.25) is 0 Å². The smallest absolute Gasteiger partial charge is 0.358 e. The highest BCUT2D eigenvalue weighted by molar-refractivity contribution is 5.47. The number of pyridine rings is 1. The molecule has 0 amide bonds. The van der Waals surface area contributed by atoms with Gasteiger partial charge in [0.05, 0.1) is 0 Å². The number of hydrogen-bond donors (Lipinski definition) is 1. The summed E-state index contributed by atoms with van der Waals surface area (Å²) in [6.07, 6.45) is -4.44. The summed E-state index contributed by atoms with van der Waals surface area (Å²) in [5.74, 6) is 0.291. The zero-order valence-electron chi connectivity index (χ0n) is 11.3. The molecule has 19 heavy (non-hydrogen) atoms. The highest BCUT2D eigenvalue weighted by atomic mass is 19.4. The van der Waals surface area contributed by atoms with Gasteiger partial charge in [-0.2, -0.15) is 13.2 Å². The summed E-state index contributed by atoms with van der Waals surface area (Å²) in [5.41, 5.74) is 5.26. The van der Waals surface area contributed by atoms with Gasteiger partial charge in [-0.05, 0) is 20.2 Å². The van der Waals surface area contributed by atoms with Crippen LogP contribution in [0.25, 0.3) is 0 Å². The van der Waals surface area contributed by atoms with Crippen LogP contribution in [0.5, 0.6) is 0 Å². The first-order valence-corrected chi connectivity index (χ1v) is 5.88. The van der Waals surface area contributed by atoms with Crippen molar-refractivity contribution in [1.29, 1.82) is 0 Å². The van der Waals surface area contributed by atoms with Crippen LogP contribution in [0.4, 0.5) is 19.0 Å². The molecule has 2 N–H and O–H groups in total. The van der Waals surface area contributed by atoms with Crippen LogP contribution in [0.3, 0.4) is 0 Å². The maximum absolute atomic E-state index is 12.7. The Kier molecular flexibility index (Phi) is 5.13. The third-order valence-corrected chi connectivity index (χ3v) is 2.71. The molecule has 0 fully saturated rings. The quantitative estimate of drug-likeness (QED) is 0.886. The van der Waals surface area contributed by atoms with E-state index >= 15 is 0 Å². The zero-order valence-corrected chi connectivity index (χ0v) is 11.3. The van der Waals surface area contributed by atoms with Gasteiger partial charge in [0.15, 0.2) is 0 Å². The monoisotopic (exact) mass is 276 g/mol. The minimum absolute atomic E-state index is 0.159. The molecule has 0 aromatic carbocycles. The van der Waals surface area contributed by atoms with Gasteiger partial charge in [-0.15, -0.1) is 0 Å². The molecule has 0 aliphatic heterocycles. The lowest BCUT2D eigenvalue weighted by molar-refractivity contribution is -0.141. The summed E-state index contributed by atoms with van der Waals surface area (Å²) in [7, 11) is 5.51. The number of alkyl halides is 3. The van der Waals surface area contributed by atoms with Crippen LogP contribution in [0.1, 0.15) is 11.3 Å². The van der Waals surface area contributed by atoms with Gasteiger partial charge in [0.25, 0.3) is 0 Å². The molecule has 0 unspecified atom stereocenters. The second kappa shape index (κ2) is 6.21. The van der Waals surface area contributed by atoms with Crippen molar-refractivity contribution in [3.05, 3.63) is 23.4 Å². The summed E-state index contributed by atoms with van der Waals surface area (Å²) in [6.45, 7) is 1.46. The Balaban J connectivity index is 3.02. The summed E-state index contributed by atoms with van der Waals surface area (Å²) in [5, 5.41) is 0. The van der Waals surface area contributed by atoms with E-state index in [0.29, 0.717) is 17.9 Å². The van der Waals surface area contributed by atoms with E-state index < -0.39 is 11.9 Å². The molecule has 0 saturated carbocycles. The number of nitrogens with two attached hydrogens (primary N) is 1. The Morgan fingerprint density at radius 1 is 1.16 bits per heavy atom. The third-order valence-electron chi connectivity index (χ3n) is 2.71. The molecule has 1 aromatic heterocycles. The van der Waals surface area contributed by atoms with E-state index in [9.17, 15) is 13.2 Å². The minimum atomic E-state index is -4.44. The molecular formula is C12H19F3N4. The average molecular weight is 276 g/mol. The Labute approximate surface area is 111 Å². The predicted molar refractivity (Wildman–Crippen MR) is 69.0 cm³/mol. The van der Waals surface area contributed by atoms with Crippen molar-refractivity contribution in [1.82, 2.24) is 9.88 Å². The molecule has 0 aliphatic carbocycles. The highest BCUT2D eigenvalue weighted by Crippen LogP contribution is 2.30.